The molecule has 0 radical (unpaired) electrons. The number of hydrogen-bond acceptors (Lipinski definition) is 5. The van der Waals surface area contributed by atoms with Gasteiger partial charge < -0.3 is 11.1 Å². The fourth-order valence-corrected chi connectivity index (χ4v) is 3.21. The summed E-state index contributed by atoms with van der Waals surface area (Å²) in [5, 5.41) is 18.3. The summed E-state index contributed by atoms with van der Waals surface area (Å²) < 4.78 is 1.82. The zero-order valence-electron chi connectivity index (χ0n) is 13.6. The van der Waals surface area contributed by atoms with Crippen LogP contribution in [0.1, 0.15) is 46.1 Å². The van der Waals surface area contributed by atoms with Gasteiger partial charge in [0, 0.05) is 24.4 Å². The molecule has 8 nitrogen and oxygen atoms in total. The van der Waals surface area contributed by atoms with Gasteiger partial charge in [0.15, 0.2) is 0 Å². The van der Waals surface area contributed by atoms with Crippen molar-refractivity contribution in [2.45, 2.75) is 32.2 Å². The Balaban J connectivity index is 1.90. The molecule has 0 saturated carbocycles. The predicted octanol–water partition coefficient (Wildman–Crippen LogP) is 2.03. The molecule has 24 heavy (non-hydrogen) atoms. The van der Waals surface area contributed by atoms with E-state index in [4.69, 9.17) is 5.73 Å². The number of nitro groups is 1. The summed E-state index contributed by atoms with van der Waals surface area (Å²) >= 11 is 0. The number of anilines is 1. The molecule has 3 N–H and O–H groups in total. The van der Waals surface area contributed by atoms with E-state index in [1.165, 1.54) is 6.07 Å². The summed E-state index contributed by atoms with van der Waals surface area (Å²) in [6, 6.07) is 2.78. The van der Waals surface area contributed by atoms with Gasteiger partial charge in [0.25, 0.3) is 11.6 Å². The van der Waals surface area contributed by atoms with Crippen molar-refractivity contribution < 1.29 is 9.72 Å². The molecule has 3 rings (SSSR count). The maximum absolute atomic E-state index is 12.6. The molecule has 1 heterocycles. The van der Waals surface area contributed by atoms with Crippen LogP contribution in [0.5, 0.6) is 0 Å². The maximum atomic E-state index is 12.6. The molecular weight excluding hydrogens is 310 g/mol. The molecule has 1 amide bonds. The van der Waals surface area contributed by atoms with Crippen molar-refractivity contribution in [2.24, 2.45) is 7.05 Å². The van der Waals surface area contributed by atoms with E-state index in [0.717, 1.165) is 30.5 Å². The summed E-state index contributed by atoms with van der Waals surface area (Å²) in [6.07, 6.45) is 4.44. The molecule has 1 aliphatic rings. The van der Waals surface area contributed by atoms with Crippen molar-refractivity contribution in [2.75, 3.05) is 5.73 Å². The Morgan fingerprint density at radius 2 is 2.25 bits per heavy atom. The van der Waals surface area contributed by atoms with Crippen LogP contribution in [0.25, 0.3) is 0 Å². The number of aromatic nitrogens is 2. The first-order valence-corrected chi connectivity index (χ1v) is 7.74. The minimum atomic E-state index is -0.570. The van der Waals surface area contributed by atoms with Gasteiger partial charge in [0.1, 0.15) is 5.69 Å². The van der Waals surface area contributed by atoms with Crippen LogP contribution in [0.15, 0.2) is 18.3 Å². The number of hydrogen-bond donors (Lipinski definition) is 2. The first-order chi connectivity index (χ1) is 11.4. The minimum absolute atomic E-state index is 0.106. The lowest BCUT2D eigenvalue weighted by atomic mass is 9.92. The van der Waals surface area contributed by atoms with Crippen LogP contribution < -0.4 is 11.1 Å². The van der Waals surface area contributed by atoms with E-state index in [1.807, 2.05) is 11.7 Å². The van der Waals surface area contributed by atoms with E-state index in [9.17, 15) is 14.9 Å². The smallest absolute Gasteiger partial charge is 0.293 e. The average molecular weight is 329 g/mol. The highest BCUT2D eigenvalue weighted by atomic mass is 16.6. The third kappa shape index (κ3) is 2.70. The molecule has 1 aromatic heterocycles. The molecular formula is C16H19N5O3. The van der Waals surface area contributed by atoms with Crippen LogP contribution in [0.2, 0.25) is 0 Å². The highest BCUT2D eigenvalue weighted by Gasteiger charge is 2.27. The first-order valence-electron chi connectivity index (χ1n) is 7.74. The normalized spacial score (nSPS) is 16.5. The van der Waals surface area contributed by atoms with Gasteiger partial charge in [-0.1, -0.05) is 0 Å². The van der Waals surface area contributed by atoms with Gasteiger partial charge in [0.05, 0.1) is 22.7 Å². The number of nitrogens with zero attached hydrogens (tertiary/aromatic N) is 3. The molecule has 0 bridgehead atoms. The molecule has 0 saturated heterocycles. The number of carbonyl (C=O) groups excluding carboxylic acids is 1. The Morgan fingerprint density at radius 1 is 1.50 bits per heavy atom. The lowest BCUT2D eigenvalue weighted by molar-refractivity contribution is -0.384. The summed E-state index contributed by atoms with van der Waals surface area (Å²) in [6.45, 7) is 1.70. The van der Waals surface area contributed by atoms with Gasteiger partial charge in [-0.25, -0.2) is 0 Å². The summed E-state index contributed by atoms with van der Waals surface area (Å²) in [5.74, 6) is -0.402. The Hall–Kier alpha value is -2.90. The summed E-state index contributed by atoms with van der Waals surface area (Å²) in [7, 11) is 1.88. The number of carbonyl (C=O) groups is 1. The molecule has 0 unspecified atom stereocenters. The molecule has 8 heteroatoms. The zero-order chi connectivity index (χ0) is 17.4. The minimum Gasteiger partial charge on any atom is -0.393 e. The van der Waals surface area contributed by atoms with E-state index in [0.29, 0.717) is 5.56 Å². The van der Waals surface area contributed by atoms with Crippen molar-refractivity contribution in [3.05, 3.63) is 50.8 Å². The maximum Gasteiger partial charge on any atom is 0.293 e. The van der Waals surface area contributed by atoms with Gasteiger partial charge in [-0.15, -0.1) is 0 Å². The van der Waals surface area contributed by atoms with Crippen LogP contribution in [0.3, 0.4) is 0 Å². The number of rotatable bonds is 3. The van der Waals surface area contributed by atoms with E-state index in [2.05, 4.69) is 10.4 Å². The third-order valence-electron chi connectivity index (χ3n) is 4.42. The largest absolute Gasteiger partial charge is 0.393 e. The molecule has 0 fully saturated rings. The molecule has 126 valence electrons. The Bertz CT molecular complexity index is 827. The molecule has 2 aromatic rings. The van der Waals surface area contributed by atoms with E-state index >= 15 is 0 Å². The number of nitrogen functional groups attached to an aromatic ring is 1. The van der Waals surface area contributed by atoms with Crippen LogP contribution in [-0.4, -0.2) is 20.6 Å². The second kappa shape index (κ2) is 5.95. The monoisotopic (exact) mass is 329 g/mol. The number of aryl methyl sites for hydroxylation is 2. The van der Waals surface area contributed by atoms with E-state index in [-0.39, 0.29) is 23.0 Å². The molecule has 1 aliphatic carbocycles. The van der Waals surface area contributed by atoms with E-state index in [1.54, 1.807) is 19.2 Å². The Labute approximate surface area is 138 Å². The molecule has 0 spiro atoms. The van der Waals surface area contributed by atoms with E-state index < -0.39 is 10.8 Å². The highest BCUT2D eigenvalue weighted by Crippen LogP contribution is 2.31. The molecule has 0 aliphatic heterocycles. The lowest BCUT2D eigenvalue weighted by Crippen LogP contribution is -2.31. The van der Waals surface area contributed by atoms with Gasteiger partial charge >= 0.3 is 0 Å². The second-order valence-corrected chi connectivity index (χ2v) is 6.09. The summed E-state index contributed by atoms with van der Waals surface area (Å²) in [4.78, 5) is 23.2. The topological polar surface area (TPSA) is 116 Å². The first kappa shape index (κ1) is 16.0. The Morgan fingerprint density at radius 3 is 2.96 bits per heavy atom. The van der Waals surface area contributed by atoms with Crippen molar-refractivity contribution in [1.82, 2.24) is 15.1 Å². The molecule has 1 aromatic carbocycles. The quantitative estimate of drug-likeness (QED) is 0.508. The summed E-state index contributed by atoms with van der Waals surface area (Å²) in [5.41, 5.74) is 8.35. The lowest BCUT2D eigenvalue weighted by Gasteiger charge is -2.24. The van der Waals surface area contributed by atoms with Crippen molar-refractivity contribution in [3.63, 3.8) is 0 Å². The Kier molecular flexibility index (Phi) is 3.96. The second-order valence-electron chi connectivity index (χ2n) is 6.09. The third-order valence-corrected chi connectivity index (χ3v) is 4.42. The van der Waals surface area contributed by atoms with Gasteiger partial charge in [0.2, 0.25) is 0 Å². The van der Waals surface area contributed by atoms with Gasteiger partial charge in [-0.05, 0) is 37.8 Å². The van der Waals surface area contributed by atoms with Gasteiger partial charge in [-0.3, -0.25) is 19.6 Å². The number of nitro benzene ring substituents is 1. The van der Waals surface area contributed by atoms with Crippen molar-refractivity contribution >= 4 is 17.3 Å². The number of amides is 1. The van der Waals surface area contributed by atoms with Gasteiger partial charge in [-0.2, -0.15) is 5.10 Å². The zero-order valence-corrected chi connectivity index (χ0v) is 13.6. The number of benzene rings is 1. The number of nitrogens with two attached hydrogens (primary N) is 1. The van der Waals surface area contributed by atoms with Crippen LogP contribution in [0.4, 0.5) is 11.4 Å². The SMILES string of the molecule is Cc1cc(C(=O)N[C@@H]2CCCc3c2cnn3C)c(N)c([N+](=O)[O-])c1. The molecule has 1 atom stereocenters. The fraction of sp³-hybridized carbons (Fsp3) is 0.375. The standard InChI is InChI=1S/C16H19N5O3/c1-9-6-10(15(17)14(7-9)21(23)24)16(22)19-12-4-3-5-13-11(12)8-18-20(13)2/h6-8,12H,3-5,17H2,1-2H3,(H,19,22)/t12-/m1/s1. The number of fused-ring (bicyclic) bond motifs is 1. The fourth-order valence-electron chi connectivity index (χ4n) is 3.21. The van der Waals surface area contributed by atoms with Crippen LogP contribution in [-0.2, 0) is 13.5 Å². The van der Waals surface area contributed by atoms with Crippen molar-refractivity contribution in [1.29, 1.82) is 0 Å². The number of nitrogens with one attached hydrogen (secondary N) is 1. The predicted molar refractivity (Wildman–Crippen MR) is 88.6 cm³/mol. The highest BCUT2D eigenvalue weighted by molar-refractivity contribution is 6.01. The van der Waals surface area contributed by atoms with Crippen LogP contribution >= 0.6 is 0 Å². The van der Waals surface area contributed by atoms with Crippen LogP contribution in [0, 0.1) is 17.0 Å². The van der Waals surface area contributed by atoms with Crippen molar-refractivity contribution in [3.8, 4) is 0 Å². The average Bonchev–Trinajstić information content (AvgIpc) is 2.91.